The van der Waals surface area contributed by atoms with Crippen LogP contribution in [0.3, 0.4) is 0 Å². The Labute approximate surface area is 408 Å². The van der Waals surface area contributed by atoms with Gasteiger partial charge in [0.15, 0.2) is 5.78 Å². The maximum atomic E-state index is 13.4. The summed E-state index contributed by atoms with van der Waals surface area (Å²) in [7, 11) is 1.00. The van der Waals surface area contributed by atoms with E-state index in [0.29, 0.717) is 70.2 Å². The second kappa shape index (κ2) is 42.2. The van der Waals surface area contributed by atoms with Crippen molar-refractivity contribution in [1.82, 2.24) is 15.1 Å². The minimum absolute atomic E-state index is 0.0416. The number of hydrogen-bond acceptors (Lipinski definition) is 11. The Balaban J connectivity index is 0.00000124. The van der Waals surface area contributed by atoms with E-state index in [1.54, 1.807) is 5.57 Å². The summed E-state index contributed by atoms with van der Waals surface area (Å²) >= 11 is 0. The van der Waals surface area contributed by atoms with Gasteiger partial charge in [-0.1, -0.05) is 91.9 Å². The smallest absolute Gasteiger partial charge is 0.317 e. The highest BCUT2D eigenvalue weighted by Crippen LogP contribution is 2.33. The van der Waals surface area contributed by atoms with E-state index >= 15 is 0 Å². The topological polar surface area (TPSA) is 175 Å². The molecule has 0 aromatic carbocycles. The zero-order valence-corrected chi connectivity index (χ0v) is 44.2. The summed E-state index contributed by atoms with van der Waals surface area (Å²) in [5.41, 5.74) is 4.57. The van der Waals surface area contributed by atoms with Crippen LogP contribution in [0.1, 0.15) is 184 Å². The molecular formula is C54H101N3O10. The predicted molar refractivity (Wildman–Crippen MR) is 272 cm³/mol. The number of aliphatic hydroxyl groups excluding tert-OH is 1. The minimum atomic E-state index is -0.819. The van der Waals surface area contributed by atoms with E-state index in [-0.39, 0.29) is 36.6 Å². The molecule has 3 rings (SSSR count). The van der Waals surface area contributed by atoms with Crippen LogP contribution >= 0.6 is 0 Å². The van der Waals surface area contributed by atoms with Gasteiger partial charge in [-0.05, 0) is 134 Å². The van der Waals surface area contributed by atoms with Gasteiger partial charge in [-0.15, -0.1) is 0 Å². The molecule has 4 N–H and O–H groups in total. The number of rotatable bonds is 37. The first-order valence-electron chi connectivity index (χ1n) is 26.6. The number of carbonyl (C=O) groups is 4. The summed E-state index contributed by atoms with van der Waals surface area (Å²) in [5.74, 6) is 0.221. The van der Waals surface area contributed by atoms with E-state index in [1.165, 1.54) is 62.6 Å². The summed E-state index contributed by atoms with van der Waals surface area (Å²) in [6.45, 7) is 24.2. The highest BCUT2D eigenvalue weighted by Gasteiger charge is 2.34. The van der Waals surface area contributed by atoms with Gasteiger partial charge in [-0.3, -0.25) is 29.0 Å². The zero-order chi connectivity index (χ0) is 50.2. The number of ketones is 2. The molecule has 67 heavy (non-hydrogen) atoms. The standard InChI is InChI=1S/C31H56N2O5.C15H29NO4.C7H12.CH4O/c1-5-17-33(18-6-2)29(31(35)27-11-8-12-27)14-13-28(26-9-7-10-26)32-16-20-37-22-24-38-23-21-36-19-15-30(34)25(3)4;1-4-12(3)6-8-16(11-15(19)20)9-7-13(5-2)10-14(17)18;1-2-4-7-5-3-6-7;1-2/h25,27,29,32H,5-24H2,1-4H3;12-13H,4-11H2,1-3H3,(H,17,18)(H,19,20);4H,2-3,5-6H2,1H3;2H,1H3. The number of carboxylic acids is 2. The molecule has 0 radical (unpaired) electrons. The molecule has 0 aromatic heterocycles. The van der Waals surface area contributed by atoms with Gasteiger partial charge in [-0.2, -0.15) is 0 Å². The first kappa shape index (κ1) is 64.3. The Kier molecular flexibility index (Phi) is 40.5. The van der Waals surface area contributed by atoms with Crippen molar-refractivity contribution in [1.29, 1.82) is 0 Å². The monoisotopic (exact) mass is 952 g/mol. The van der Waals surface area contributed by atoms with Crippen LogP contribution in [0.2, 0.25) is 0 Å². The molecule has 3 fully saturated rings. The van der Waals surface area contributed by atoms with E-state index in [0.717, 1.165) is 97.5 Å². The van der Waals surface area contributed by atoms with Crippen molar-refractivity contribution < 1.29 is 48.7 Å². The third kappa shape index (κ3) is 32.0. The van der Waals surface area contributed by atoms with Gasteiger partial charge < -0.3 is 34.8 Å². The van der Waals surface area contributed by atoms with E-state index in [1.807, 2.05) is 25.7 Å². The lowest BCUT2D eigenvalue weighted by molar-refractivity contribution is -0.140. The number of aliphatic carboxylic acids is 2. The fourth-order valence-electron chi connectivity index (χ4n) is 8.08. The summed E-state index contributed by atoms with van der Waals surface area (Å²) in [6.07, 6.45) is 23.1. The fourth-order valence-corrected chi connectivity index (χ4v) is 8.08. The Hall–Kier alpha value is -2.68. The maximum absolute atomic E-state index is 13.4. The lowest BCUT2D eigenvalue weighted by atomic mass is 9.78. The van der Waals surface area contributed by atoms with Crippen molar-refractivity contribution in [2.45, 2.75) is 190 Å². The molecule has 0 saturated heterocycles. The summed E-state index contributed by atoms with van der Waals surface area (Å²) in [6, 6.07) is 0.0609. The molecule has 3 unspecified atom stereocenters. The van der Waals surface area contributed by atoms with Gasteiger partial charge >= 0.3 is 11.9 Å². The predicted octanol–water partition coefficient (Wildman–Crippen LogP) is 10.1. The number of allylic oxidation sites excluding steroid dienone is 4. The number of hydrogen-bond donors (Lipinski definition) is 4. The molecule has 13 nitrogen and oxygen atoms in total. The van der Waals surface area contributed by atoms with E-state index < -0.39 is 11.9 Å². The van der Waals surface area contributed by atoms with Crippen LogP contribution in [0.4, 0.5) is 0 Å². The lowest BCUT2D eigenvalue weighted by Crippen LogP contribution is -2.46. The first-order chi connectivity index (χ1) is 32.3. The number of Topliss-reactive ketones (excluding diaryl/α,β-unsaturated/α-hetero) is 2. The molecular weight excluding hydrogens is 851 g/mol. The number of ether oxygens (including phenoxy) is 3. The second-order valence-electron chi connectivity index (χ2n) is 18.9. The minimum Gasteiger partial charge on any atom is -0.481 e. The van der Waals surface area contributed by atoms with Crippen molar-refractivity contribution in [3.63, 3.8) is 0 Å². The second-order valence-corrected chi connectivity index (χ2v) is 18.9. The molecule has 3 aliphatic carbocycles. The number of nitrogens with one attached hydrogen (secondary N) is 1. The average molecular weight is 952 g/mol. The average Bonchev–Trinajstić information content (AvgIpc) is 3.25. The Morgan fingerprint density at radius 3 is 1.72 bits per heavy atom. The summed E-state index contributed by atoms with van der Waals surface area (Å²) in [4.78, 5) is 50.9. The van der Waals surface area contributed by atoms with Gasteiger partial charge in [0.2, 0.25) is 0 Å². The van der Waals surface area contributed by atoms with Crippen LogP contribution in [-0.4, -0.2) is 141 Å². The molecule has 13 heteroatoms. The van der Waals surface area contributed by atoms with Crippen molar-refractivity contribution in [2.24, 2.45) is 23.7 Å². The van der Waals surface area contributed by atoms with Gasteiger partial charge in [0, 0.05) is 44.0 Å². The lowest BCUT2D eigenvalue weighted by Gasteiger charge is -2.36. The van der Waals surface area contributed by atoms with Crippen molar-refractivity contribution in [2.75, 3.05) is 86.0 Å². The van der Waals surface area contributed by atoms with Gasteiger partial charge in [-0.25, -0.2) is 0 Å². The van der Waals surface area contributed by atoms with Crippen LogP contribution in [0.5, 0.6) is 0 Å². The molecule has 392 valence electrons. The number of nitrogens with zero attached hydrogens (tertiary/aromatic N) is 2. The highest BCUT2D eigenvalue weighted by molar-refractivity contribution is 5.87. The number of carboxylic acid groups (broad SMARTS) is 2. The highest BCUT2D eigenvalue weighted by atomic mass is 16.5. The molecule has 0 spiro atoms. The van der Waals surface area contributed by atoms with Crippen molar-refractivity contribution in [3.8, 4) is 0 Å². The summed E-state index contributed by atoms with van der Waals surface area (Å²) < 4.78 is 16.8. The largest absolute Gasteiger partial charge is 0.481 e. The SMILES string of the molecule is CCC(C)CCN(CCC(CC)CC(=O)O)CC(=O)O.CCC=C1CCC1.CCCN(CCC)C(CCC(NCCOCCOCCOCCC(=O)C(C)C)=C1CCC1)C(=O)C1CCC1.CO. The molecule has 3 atom stereocenters. The van der Waals surface area contributed by atoms with Crippen LogP contribution < -0.4 is 5.32 Å². The molecule has 3 saturated carbocycles. The van der Waals surface area contributed by atoms with Crippen molar-refractivity contribution >= 4 is 23.5 Å². The molecule has 0 heterocycles. The van der Waals surface area contributed by atoms with Crippen molar-refractivity contribution in [3.05, 3.63) is 22.9 Å². The van der Waals surface area contributed by atoms with Crippen LogP contribution in [0, 0.1) is 23.7 Å². The van der Waals surface area contributed by atoms with E-state index in [4.69, 9.17) is 29.5 Å². The molecule has 3 aliphatic rings. The van der Waals surface area contributed by atoms with Crippen LogP contribution in [0.25, 0.3) is 0 Å². The maximum Gasteiger partial charge on any atom is 0.317 e. The normalized spacial score (nSPS) is 15.6. The quantitative estimate of drug-likeness (QED) is 0.0342. The first-order valence-corrected chi connectivity index (χ1v) is 26.6. The fraction of sp³-hybridized carbons (Fsp3) is 0.852. The summed E-state index contributed by atoms with van der Waals surface area (Å²) in [5, 5.41) is 28.4. The van der Waals surface area contributed by atoms with Crippen LogP contribution in [-0.2, 0) is 33.4 Å². The molecule has 0 amide bonds. The third-order valence-corrected chi connectivity index (χ3v) is 13.2. The molecule has 0 bridgehead atoms. The molecule has 0 aliphatic heterocycles. The Morgan fingerprint density at radius 1 is 0.701 bits per heavy atom. The van der Waals surface area contributed by atoms with Gasteiger partial charge in [0.1, 0.15) is 5.78 Å². The Morgan fingerprint density at radius 2 is 1.28 bits per heavy atom. The number of aliphatic hydroxyl groups is 1. The third-order valence-electron chi connectivity index (χ3n) is 13.2. The van der Waals surface area contributed by atoms with E-state index in [9.17, 15) is 19.2 Å². The zero-order valence-electron chi connectivity index (χ0n) is 44.2. The van der Waals surface area contributed by atoms with Gasteiger partial charge in [0.05, 0.1) is 52.2 Å². The van der Waals surface area contributed by atoms with E-state index in [2.05, 4.69) is 50.9 Å². The molecule has 0 aromatic rings. The van der Waals surface area contributed by atoms with Gasteiger partial charge in [0.25, 0.3) is 0 Å². The van der Waals surface area contributed by atoms with Crippen LogP contribution in [0.15, 0.2) is 22.9 Å². The Bertz CT molecular complexity index is 1330. The number of carbonyl (C=O) groups excluding carboxylic acids is 2.